The highest BCUT2D eigenvalue weighted by molar-refractivity contribution is 7.13. The molecule has 1 heterocycles. The van der Waals surface area contributed by atoms with Crippen LogP contribution in [0.15, 0.2) is 10.4 Å². The molecule has 0 amide bonds. The predicted molar refractivity (Wildman–Crippen MR) is 56.6 cm³/mol. The number of guanidine groups is 1. The summed E-state index contributed by atoms with van der Waals surface area (Å²) in [6.45, 7) is 0. The third-order valence-electron chi connectivity index (χ3n) is 1.33. The Balaban J connectivity index is 2.58. The second-order valence-electron chi connectivity index (χ2n) is 2.45. The van der Waals surface area contributed by atoms with Gasteiger partial charge in [-0.3, -0.25) is 0 Å². The zero-order valence-electron chi connectivity index (χ0n) is 7.03. The highest BCUT2D eigenvalue weighted by Crippen LogP contribution is 2.19. The predicted octanol–water partition coefficient (Wildman–Crippen LogP) is 1.22. The van der Waals surface area contributed by atoms with Gasteiger partial charge in [0.1, 0.15) is 0 Å². The van der Waals surface area contributed by atoms with Crippen LogP contribution in [0.4, 0.5) is 5.13 Å². The van der Waals surface area contributed by atoms with Crippen molar-refractivity contribution >= 4 is 34.0 Å². The number of nitrogens with zero attached hydrogens (tertiary/aromatic N) is 2. The number of halogens is 1. The molecule has 0 atom stereocenters. The summed E-state index contributed by atoms with van der Waals surface area (Å²) in [5.41, 5.74) is 11.4. The van der Waals surface area contributed by atoms with Crippen LogP contribution in [0.5, 0.6) is 0 Å². The number of aryl methyl sites for hydroxylation is 1. The van der Waals surface area contributed by atoms with Crippen LogP contribution in [0, 0.1) is 0 Å². The van der Waals surface area contributed by atoms with Gasteiger partial charge < -0.3 is 11.5 Å². The van der Waals surface area contributed by atoms with Crippen LogP contribution >= 0.6 is 22.9 Å². The molecule has 1 aromatic heterocycles. The highest BCUT2D eigenvalue weighted by Gasteiger charge is 2.00. The van der Waals surface area contributed by atoms with Gasteiger partial charge in [-0.25, -0.2) is 4.98 Å². The first-order valence-corrected chi connectivity index (χ1v) is 5.24. The summed E-state index contributed by atoms with van der Waals surface area (Å²) in [6, 6.07) is 0. The molecule has 1 aromatic rings. The molecule has 0 aromatic carbocycles. The third-order valence-corrected chi connectivity index (χ3v) is 2.38. The second-order valence-corrected chi connectivity index (χ2v) is 3.67. The Hall–Kier alpha value is -0.810. The summed E-state index contributed by atoms with van der Waals surface area (Å²) < 4.78 is 0. The minimum atomic E-state index is 0.0400. The van der Waals surface area contributed by atoms with Gasteiger partial charge >= 0.3 is 0 Å². The molecule has 0 aliphatic rings. The van der Waals surface area contributed by atoms with Gasteiger partial charge in [-0.2, -0.15) is 4.99 Å². The molecule has 13 heavy (non-hydrogen) atoms. The smallest absolute Gasteiger partial charge is 0.212 e. The topological polar surface area (TPSA) is 77.3 Å². The molecule has 1 rings (SSSR count). The minimum absolute atomic E-state index is 0.0400. The van der Waals surface area contributed by atoms with Crippen LogP contribution in [-0.4, -0.2) is 16.8 Å². The maximum absolute atomic E-state index is 5.55. The SMILES string of the molecule is NC(N)=Nc1nc(CCCCl)cs1. The van der Waals surface area contributed by atoms with Crippen molar-refractivity contribution in [2.24, 2.45) is 16.5 Å². The Morgan fingerprint density at radius 2 is 2.38 bits per heavy atom. The third kappa shape index (κ3) is 3.61. The van der Waals surface area contributed by atoms with E-state index in [1.807, 2.05) is 5.38 Å². The fourth-order valence-electron chi connectivity index (χ4n) is 0.821. The van der Waals surface area contributed by atoms with Crippen molar-refractivity contribution in [3.8, 4) is 0 Å². The van der Waals surface area contributed by atoms with Crippen molar-refractivity contribution in [1.82, 2.24) is 4.98 Å². The molecule has 0 aliphatic carbocycles. The minimum Gasteiger partial charge on any atom is -0.370 e. The molecule has 4 N–H and O–H groups in total. The normalized spacial score (nSPS) is 9.92. The van der Waals surface area contributed by atoms with Crippen molar-refractivity contribution in [2.75, 3.05) is 5.88 Å². The lowest BCUT2D eigenvalue weighted by Gasteiger charge is -1.90. The van der Waals surface area contributed by atoms with E-state index in [1.54, 1.807) is 0 Å². The maximum Gasteiger partial charge on any atom is 0.212 e. The highest BCUT2D eigenvalue weighted by atomic mass is 35.5. The molecule has 0 fully saturated rings. The van der Waals surface area contributed by atoms with Gasteiger partial charge in [0.05, 0.1) is 5.69 Å². The molecule has 72 valence electrons. The molecule has 0 spiro atoms. The number of thiazole rings is 1. The van der Waals surface area contributed by atoms with Crippen molar-refractivity contribution in [3.63, 3.8) is 0 Å². The molecule has 0 bridgehead atoms. The zero-order valence-corrected chi connectivity index (χ0v) is 8.61. The van der Waals surface area contributed by atoms with Crippen LogP contribution < -0.4 is 11.5 Å². The molecule has 0 unspecified atom stereocenters. The van der Waals surface area contributed by atoms with Gasteiger partial charge in [0.2, 0.25) is 5.13 Å². The lowest BCUT2D eigenvalue weighted by molar-refractivity contribution is 0.898. The summed E-state index contributed by atoms with van der Waals surface area (Å²) in [5.74, 6) is 0.688. The van der Waals surface area contributed by atoms with E-state index in [-0.39, 0.29) is 5.96 Å². The Labute approximate surface area is 85.6 Å². The van der Waals surface area contributed by atoms with Crippen molar-refractivity contribution in [1.29, 1.82) is 0 Å². The maximum atomic E-state index is 5.55. The van der Waals surface area contributed by atoms with E-state index in [1.165, 1.54) is 11.3 Å². The second kappa shape index (κ2) is 5.04. The summed E-state index contributed by atoms with van der Waals surface area (Å²) in [4.78, 5) is 8.04. The van der Waals surface area contributed by atoms with Crippen molar-refractivity contribution in [3.05, 3.63) is 11.1 Å². The van der Waals surface area contributed by atoms with Gasteiger partial charge in [0.25, 0.3) is 0 Å². The summed E-state index contributed by atoms with van der Waals surface area (Å²) in [7, 11) is 0. The molecule has 0 radical (unpaired) electrons. The van der Waals surface area contributed by atoms with Crippen molar-refractivity contribution < 1.29 is 0 Å². The molecule has 0 aliphatic heterocycles. The zero-order chi connectivity index (χ0) is 9.68. The molecular weight excluding hydrogens is 208 g/mol. The number of alkyl halides is 1. The van der Waals surface area contributed by atoms with E-state index in [2.05, 4.69) is 9.98 Å². The van der Waals surface area contributed by atoms with Crippen LogP contribution in [0.1, 0.15) is 12.1 Å². The standard InChI is InChI=1S/C7H11ClN4S/c8-3-1-2-5-4-13-7(11-5)12-6(9)10/h4H,1-3H2,(H4,9,10,11,12). The van der Waals surface area contributed by atoms with Crippen molar-refractivity contribution in [2.45, 2.75) is 12.8 Å². The molecule has 0 saturated heterocycles. The quantitative estimate of drug-likeness (QED) is 0.453. The average molecular weight is 219 g/mol. The van der Waals surface area contributed by atoms with Gasteiger partial charge in [0, 0.05) is 11.3 Å². The Kier molecular flexibility index (Phi) is 3.98. The largest absolute Gasteiger partial charge is 0.370 e. The Bertz CT molecular complexity index is 292. The molecule has 0 saturated carbocycles. The van der Waals surface area contributed by atoms with Crippen LogP contribution in [0.2, 0.25) is 0 Å². The van der Waals surface area contributed by atoms with E-state index in [9.17, 15) is 0 Å². The van der Waals surface area contributed by atoms with E-state index in [4.69, 9.17) is 23.1 Å². The molecule has 4 nitrogen and oxygen atoms in total. The molecule has 6 heteroatoms. The number of aliphatic imine (C=N–C) groups is 1. The fraction of sp³-hybridized carbons (Fsp3) is 0.429. The lowest BCUT2D eigenvalue weighted by Crippen LogP contribution is -2.21. The number of hydrogen-bond acceptors (Lipinski definition) is 3. The first-order chi connectivity index (χ1) is 6.22. The fourth-order valence-corrected chi connectivity index (χ4v) is 1.69. The number of rotatable bonds is 4. The van der Waals surface area contributed by atoms with Gasteiger partial charge in [0.15, 0.2) is 5.96 Å². The van der Waals surface area contributed by atoms with Crippen LogP contribution in [0.3, 0.4) is 0 Å². The summed E-state index contributed by atoms with van der Waals surface area (Å²) >= 11 is 6.98. The van der Waals surface area contributed by atoms with E-state index < -0.39 is 0 Å². The van der Waals surface area contributed by atoms with E-state index in [0.717, 1.165) is 18.5 Å². The van der Waals surface area contributed by atoms with E-state index >= 15 is 0 Å². The average Bonchev–Trinajstić information content (AvgIpc) is 2.48. The lowest BCUT2D eigenvalue weighted by atomic mass is 10.3. The van der Waals surface area contributed by atoms with Gasteiger partial charge in [-0.05, 0) is 12.8 Å². The van der Waals surface area contributed by atoms with E-state index in [0.29, 0.717) is 11.0 Å². The summed E-state index contributed by atoms with van der Waals surface area (Å²) in [6.07, 6.45) is 1.80. The first kappa shape index (κ1) is 10.3. The van der Waals surface area contributed by atoms with Gasteiger partial charge in [-0.1, -0.05) is 0 Å². The summed E-state index contributed by atoms with van der Waals surface area (Å²) in [5, 5.41) is 2.54. The Morgan fingerprint density at radius 3 is 3.00 bits per heavy atom. The van der Waals surface area contributed by atoms with Crippen LogP contribution in [-0.2, 0) is 6.42 Å². The molecular formula is C7H11ClN4S. The first-order valence-electron chi connectivity index (χ1n) is 3.82. The van der Waals surface area contributed by atoms with Crippen LogP contribution in [0.25, 0.3) is 0 Å². The number of aromatic nitrogens is 1. The number of hydrogen-bond donors (Lipinski definition) is 2. The monoisotopic (exact) mass is 218 g/mol. The number of nitrogens with two attached hydrogens (primary N) is 2. The Morgan fingerprint density at radius 1 is 1.62 bits per heavy atom. The van der Waals surface area contributed by atoms with Gasteiger partial charge in [-0.15, -0.1) is 22.9 Å².